The Morgan fingerprint density at radius 2 is 1.06 bits per heavy atom. The summed E-state index contributed by atoms with van der Waals surface area (Å²) in [6, 6.07) is 14.2. The Bertz CT molecular complexity index is 571. The smallest absolute Gasteiger partial charge is 0.206 e. The Morgan fingerprint density at radius 3 is 1.44 bits per heavy atom. The zero-order valence-corrected chi connectivity index (χ0v) is 9.37. The molecule has 0 spiro atoms. The molecule has 80 valence electrons. The Kier molecular flexibility index (Phi) is 1.91. The Hall–Kier alpha value is -1.61. The van der Waals surface area contributed by atoms with Crippen LogP contribution in [0.15, 0.2) is 58.3 Å². The van der Waals surface area contributed by atoms with Crippen LogP contribution >= 0.6 is 0 Å². The van der Waals surface area contributed by atoms with Crippen LogP contribution in [0.5, 0.6) is 0 Å². The molecule has 4 aliphatic heterocycles. The van der Waals surface area contributed by atoms with E-state index in [1.54, 1.807) is 24.3 Å². The van der Waals surface area contributed by atoms with Crippen LogP contribution in [-0.2, 0) is 16.3 Å². The number of hydrogen-bond acceptors (Lipinski definition) is 2. The molecule has 0 N–H and O–H groups in total. The molecular formula is C13H10O2S. The molecule has 4 bridgehead atoms. The summed E-state index contributed by atoms with van der Waals surface area (Å²) in [6.07, 6.45) is 0.848. The topological polar surface area (TPSA) is 34.1 Å². The van der Waals surface area contributed by atoms with Crippen molar-refractivity contribution in [3.63, 3.8) is 0 Å². The predicted molar refractivity (Wildman–Crippen MR) is 61.1 cm³/mol. The molecule has 0 atom stereocenters. The molecule has 0 fully saturated rings. The van der Waals surface area contributed by atoms with Crippen LogP contribution in [0.1, 0.15) is 11.1 Å². The summed E-state index contributed by atoms with van der Waals surface area (Å²) in [5, 5.41) is 0. The first-order valence-electron chi connectivity index (χ1n) is 5.09. The summed E-state index contributed by atoms with van der Waals surface area (Å²) in [5.74, 6) is 0. The Balaban J connectivity index is 2.38. The highest BCUT2D eigenvalue weighted by atomic mass is 32.2. The van der Waals surface area contributed by atoms with E-state index in [1.807, 2.05) is 24.3 Å². The van der Waals surface area contributed by atoms with Crippen LogP contribution < -0.4 is 0 Å². The fourth-order valence-electron chi connectivity index (χ4n) is 1.94. The van der Waals surface area contributed by atoms with Crippen molar-refractivity contribution in [2.45, 2.75) is 16.2 Å². The van der Waals surface area contributed by atoms with E-state index in [1.165, 1.54) is 0 Å². The van der Waals surface area contributed by atoms with E-state index in [2.05, 4.69) is 0 Å². The zero-order valence-electron chi connectivity index (χ0n) is 8.55. The molecule has 2 nitrogen and oxygen atoms in total. The van der Waals surface area contributed by atoms with Crippen LogP contribution in [0, 0.1) is 0 Å². The summed E-state index contributed by atoms with van der Waals surface area (Å²) in [6.45, 7) is 0. The minimum atomic E-state index is -3.33. The second kappa shape index (κ2) is 3.19. The summed E-state index contributed by atoms with van der Waals surface area (Å²) >= 11 is 0. The van der Waals surface area contributed by atoms with Crippen molar-refractivity contribution in [1.29, 1.82) is 0 Å². The Morgan fingerprint density at radius 1 is 0.688 bits per heavy atom. The second-order valence-electron chi connectivity index (χ2n) is 3.97. The molecule has 0 amide bonds. The van der Waals surface area contributed by atoms with E-state index in [9.17, 15) is 8.42 Å². The van der Waals surface area contributed by atoms with Gasteiger partial charge in [0.15, 0.2) is 0 Å². The van der Waals surface area contributed by atoms with Gasteiger partial charge in [-0.05, 0) is 41.8 Å². The van der Waals surface area contributed by atoms with Gasteiger partial charge in [0.1, 0.15) is 0 Å². The second-order valence-corrected chi connectivity index (χ2v) is 5.92. The maximum absolute atomic E-state index is 12.2. The molecule has 16 heavy (non-hydrogen) atoms. The van der Waals surface area contributed by atoms with Crippen LogP contribution in [0.2, 0.25) is 0 Å². The third kappa shape index (κ3) is 1.36. The standard InChI is InChI=1S/C13H10O2S/c14-16(15)12-5-1-10(2-6-12)9-11-3-7-13(16)8-4-11/h1-8H,9H2. The first kappa shape index (κ1) is 9.60. The van der Waals surface area contributed by atoms with Crippen LogP contribution in [0.25, 0.3) is 0 Å². The van der Waals surface area contributed by atoms with Crippen molar-refractivity contribution < 1.29 is 8.42 Å². The molecule has 0 saturated heterocycles. The van der Waals surface area contributed by atoms with Gasteiger partial charge in [-0.15, -0.1) is 0 Å². The lowest BCUT2D eigenvalue weighted by molar-refractivity contribution is 0.596. The molecule has 6 rings (SSSR count). The molecule has 2 aromatic carbocycles. The lowest BCUT2D eigenvalue weighted by Gasteiger charge is -2.10. The molecular weight excluding hydrogens is 220 g/mol. The third-order valence-corrected chi connectivity index (χ3v) is 4.66. The number of rotatable bonds is 0. The molecule has 0 aliphatic carbocycles. The van der Waals surface area contributed by atoms with Gasteiger partial charge in [0.2, 0.25) is 9.84 Å². The zero-order chi connectivity index (χ0) is 11.2. The fraction of sp³-hybridized carbons (Fsp3) is 0.0769. The summed E-state index contributed by atoms with van der Waals surface area (Å²) in [7, 11) is -3.33. The van der Waals surface area contributed by atoms with Crippen LogP contribution in [0.4, 0.5) is 0 Å². The number of hydrogen-bond donors (Lipinski definition) is 0. The van der Waals surface area contributed by atoms with Gasteiger partial charge < -0.3 is 0 Å². The van der Waals surface area contributed by atoms with Gasteiger partial charge in [0, 0.05) is 0 Å². The third-order valence-electron chi connectivity index (χ3n) is 2.88. The molecule has 3 heteroatoms. The number of sulfone groups is 1. The van der Waals surface area contributed by atoms with E-state index < -0.39 is 9.84 Å². The highest BCUT2D eigenvalue weighted by molar-refractivity contribution is 7.91. The molecule has 0 aromatic heterocycles. The van der Waals surface area contributed by atoms with Gasteiger partial charge in [-0.2, -0.15) is 0 Å². The summed E-state index contributed by atoms with van der Waals surface area (Å²) < 4.78 is 24.3. The van der Waals surface area contributed by atoms with E-state index in [4.69, 9.17) is 0 Å². The molecule has 2 aromatic rings. The van der Waals surface area contributed by atoms with Crippen molar-refractivity contribution in [1.82, 2.24) is 0 Å². The first-order chi connectivity index (χ1) is 7.66. The van der Waals surface area contributed by atoms with Gasteiger partial charge in [0.05, 0.1) is 9.79 Å². The van der Waals surface area contributed by atoms with Crippen LogP contribution in [-0.4, -0.2) is 8.42 Å². The van der Waals surface area contributed by atoms with Crippen molar-refractivity contribution in [3.8, 4) is 0 Å². The van der Waals surface area contributed by atoms with Crippen molar-refractivity contribution in [3.05, 3.63) is 59.7 Å². The van der Waals surface area contributed by atoms with Gasteiger partial charge in [-0.25, -0.2) is 8.42 Å². The number of benzene rings is 2. The average molecular weight is 230 g/mol. The molecule has 0 saturated carbocycles. The van der Waals surface area contributed by atoms with Gasteiger partial charge >= 0.3 is 0 Å². The monoisotopic (exact) mass is 230 g/mol. The molecule has 4 heterocycles. The highest BCUT2D eigenvalue weighted by Crippen LogP contribution is 2.24. The molecule has 0 radical (unpaired) electrons. The molecule has 0 unspecified atom stereocenters. The van der Waals surface area contributed by atoms with Crippen molar-refractivity contribution >= 4 is 9.84 Å². The highest BCUT2D eigenvalue weighted by Gasteiger charge is 2.18. The SMILES string of the molecule is O=S1(=O)c2ccc(cc2)Cc2ccc1cc2. The van der Waals surface area contributed by atoms with Crippen molar-refractivity contribution in [2.75, 3.05) is 0 Å². The average Bonchev–Trinajstić information content (AvgIpc) is 2.30. The van der Waals surface area contributed by atoms with Crippen molar-refractivity contribution in [2.24, 2.45) is 0 Å². The quantitative estimate of drug-likeness (QED) is 0.594. The van der Waals surface area contributed by atoms with Crippen LogP contribution in [0.3, 0.4) is 0 Å². The fourth-order valence-corrected chi connectivity index (χ4v) is 3.21. The van der Waals surface area contributed by atoms with E-state index in [0.717, 1.165) is 17.5 Å². The minimum absolute atomic E-state index is 0.367. The summed E-state index contributed by atoms with van der Waals surface area (Å²) in [5.41, 5.74) is 2.27. The molecule has 4 aliphatic rings. The largest absolute Gasteiger partial charge is 0.219 e. The van der Waals surface area contributed by atoms with Gasteiger partial charge in [0.25, 0.3) is 0 Å². The van der Waals surface area contributed by atoms with E-state index in [-0.39, 0.29) is 0 Å². The van der Waals surface area contributed by atoms with E-state index in [0.29, 0.717) is 9.79 Å². The maximum Gasteiger partial charge on any atom is 0.206 e. The van der Waals surface area contributed by atoms with E-state index >= 15 is 0 Å². The van der Waals surface area contributed by atoms with Gasteiger partial charge in [-0.3, -0.25) is 0 Å². The Labute approximate surface area is 94.5 Å². The maximum atomic E-state index is 12.2. The predicted octanol–water partition coefficient (Wildman–Crippen LogP) is 2.42. The first-order valence-corrected chi connectivity index (χ1v) is 6.57. The lowest BCUT2D eigenvalue weighted by Crippen LogP contribution is -2.04. The summed E-state index contributed by atoms with van der Waals surface area (Å²) in [4.78, 5) is 0.733. The normalized spacial score (nSPS) is 16.2. The minimum Gasteiger partial charge on any atom is -0.219 e. The lowest BCUT2D eigenvalue weighted by atomic mass is 10.1. The van der Waals surface area contributed by atoms with Gasteiger partial charge in [-0.1, -0.05) is 24.3 Å².